The van der Waals surface area contributed by atoms with Gasteiger partial charge >= 0.3 is 5.97 Å². The van der Waals surface area contributed by atoms with Crippen LogP contribution in [0.5, 0.6) is 0 Å². The summed E-state index contributed by atoms with van der Waals surface area (Å²) in [6.45, 7) is 3.29. The fourth-order valence-corrected chi connectivity index (χ4v) is 5.67. The van der Waals surface area contributed by atoms with Gasteiger partial charge < -0.3 is 15.2 Å². The first-order valence-electron chi connectivity index (χ1n) is 10.2. The van der Waals surface area contributed by atoms with Crippen LogP contribution >= 0.6 is 46.3 Å². The molecule has 1 aliphatic heterocycles. The van der Waals surface area contributed by atoms with Crippen molar-refractivity contribution >= 4 is 58.2 Å². The van der Waals surface area contributed by atoms with Crippen molar-refractivity contribution in [2.24, 2.45) is 0 Å². The number of rotatable bonds is 9. The summed E-state index contributed by atoms with van der Waals surface area (Å²) in [5, 5.41) is 15.2. The number of aliphatic carboxylic acids is 1. The fraction of sp³-hybridized carbons (Fsp3) is 0.476. The molecule has 2 aliphatic rings. The minimum absolute atomic E-state index is 0.0859. The standard InChI is InChI=1S/C21H23Cl2N3O4S2/c22-15-2-1-13(7-16(15)23)9-26-5-6-30-14(10-26)8-24-18(27)12-32-20-25-17(11-31-20)21(3-4-21)19(28)29/h1-2,7,11,14H,3-6,8-10,12H2,(H,24,27)(H,28,29). The molecule has 172 valence electrons. The normalized spacial score (nSPS) is 20.1. The lowest BCUT2D eigenvalue weighted by atomic mass is 10.1. The highest BCUT2D eigenvalue weighted by molar-refractivity contribution is 8.01. The molecule has 1 atom stereocenters. The molecule has 0 radical (unpaired) electrons. The van der Waals surface area contributed by atoms with Crippen LogP contribution in [0.3, 0.4) is 0 Å². The Morgan fingerprint density at radius 3 is 2.88 bits per heavy atom. The summed E-state index contributed by atoms with van der Waals surface area (Å²) in [5.41, 5.74) is 0.883. The van der Waals surface area contributed by atoms with Gasteiger partial charge in [0, 0.05) is 31.6 Å². The Morgan fingerprint density at radius 2 is 2.16 bits per heavy atom. The van der Waals surface area contributed by atoms with Crippen molar-refractivity contribution in [3.8, 4) is 0 Å². The number of carboxylic acids is 1. The van der Waals surface area contributed by atoms with Gasteiger partial charge in [-0.15, -0.1) is 11.3 Å². The van der Waals surface area contributed by atoms with Crippen molar-refractivity contribution in [3.05, 3.63) is 44.9 Å². The van der Waals surface area contributed by atoms with Crippen LogP contribution in [0.1, 0.15) is 24.1 Å². The van der Waals surface area contributed by atoms with E-state index in [2.05, 4.69) is 15.2 Å². The molecule has 4 rings (SSSR count). The third-order valence-electron chi connectivity index (χ3n) is 5.60. The van der Waals surface area contributed by atoms with Crippen LogP contribution in [-0.2, 0) is 26.3 Å². The van der Waals surface area contributed by atoms with Gasteiger partial charge in [-0.1, -0.05) is 41.0 Å². The number of ether oxygens (including phenoxy) is 1. The summed E-state index contributed by atoms with van der Waals surface area (Å²) in [4.78, 5) is 30.4. The van der Waals surface area contributed by atoms with Crippen molar-refractivity contribution < 1.29 is 19.4 Å². The Kier molecular flexibility index (Phi) is 7.64. The number of halogens is 2. The zero-order chi connectivity index (χ0) is 22.7. The molecule has 7 nitrogen and oxygen atoms in total. The smallest absolute Gasteiger partial charge is 0.315 e. The first-order chi connectivity index (χ1) is 15.4. The molecule has 11 heteroatoms. The molecule has 1 saturated heterocycles. The van der Waals surface area contributed by atoms with Crippen molar-refractivity contribution in [2.45, 2.75) is 35.2 Å². The average molecular weight is 516 g/mol. The summed E-state index contributed by atoms with van der Waals surface area (Å²) in [6, 6.07) is 5.63. The van der Waals surface area contributed by atoms with Crippen molar-refractivity contribution in [3.63, 3.8) is 0 Å². The maximum Gasteiger partial charge on any atom is 0.315 e. The average Bonchev–Trinajstić information content (AvgIpc) is 3.46. The van der Waals surface area contributed by atoms with Crippen LogP contribution in [0.15, 0.2) is 27.9 Å². The Balaban J connectivity index is 1.20. The summed E-state index contributed by atoms with van der Waals surface area (Å²) >= 11 is 14.8. The number of benzene rings is 1. The third-order valence-corrected chi connectivity index (χ3v) is 8.36. The van der Waals surface area contributed by atoms with E-state index in [1.165, 1.54) is 23.1 Å². The minimum Gasteiger partial charge on any atom is -0.481 e. The van der Waals surface area contributed by atoms with Gasteiger partial charge in [0.05, 0.1) is 34.2 Å². The van der Waals surface area contributed by atoms with E-state index in [4.69, 9.17) is 27.9 Å². The monoisotopic (exact) mass is 515 g/mol. The molecule has 1 aromatic carbocycles. The van der Waals surface area contributed by atoms with Crippen molar-refractivity contribution in [1.29, 1.82) is 0 Å². The zero-order valence-corrected chi connectivity index (χ0v) is 20.3. The second-order valence-corrected chi connectivity index (χ2v) is 10.9. The van der Waals surface area contributed by atoms with E-state index < -0.39 is 11.4 Å². The molecule has 1 saturated carbocycles. The number of morpholine rings is 1. The van der Waals surface area contributed by atoms with E-state index in [1.54, 1.807) is 11.4 Å². The Morgan fingerprint density at radius 1 is 1.34 bits per heavy atom. The quantitative estimate of drug-likeness (QED) is 0.492. The van der Waals surface area contributed by atoms with Crippen LogP contribution in [0.25, 0.3) is 0 Å². The summed E-state index contributed by atoms with van der Waals surface area (Å²) in [7, 11) is 0. The number of carboxylic acid groups (broad SMARTS) is 1. The highest BCUT2D eigenvalue weighted by Gasteiger charge is 2.53. The number of aromatic nitrogens is 1. The number of thiazole rings is 1. The lowest BCUT2D eigenvalue weighted by Crippen LogP contribution is -2.47. The highest BCUT2D eigenvalue weighted by Crippen LogP contribution is 2.49. The third kappa shape index (κ3) is 5.76. The number of carbonyl (C=O) groups excluding carboxylic acids is 1. The van der Waals surface area contributed by atoms with Gasteiger partial charge in [-0.25, -0.2) is 4.98 Å². The van der Waals surface area contributed by atoms with E-state index in [0.29, 0.717) is 52.6 Å². The molecular weight excluding hydrogens is 493 g/mol. The second-order valence-electron chi connectivity index (χ2n) is 7.96. The number of carbonyl (C=O) groups is 2. The zero-order valence-electron chi connectivity index (χ0n) is 17.2. The van der Waals surface area contributed by atoms with Crippen LogP contribution in [0.2, 0.25) is 10.0 Å². The number of nitrogens with zero attached hydrogens (tertiary/aromatic N) is 2. The maximum absolute atomic E-state index is 12.3. The summed E-state index contributed by atoms with van der Waals surface area (Å²) in [5.74, 6) is -0.693. The molecule has 2 fully saturated rings. The molecular formula is C21H23Cl2N3O4S2. The van der Waals surface area contributed by atoms with Crippen molar-refractivity contribution in [2.75, 3.05) is 32.0 Å². The topological polar surface area (TPSA) is 91.8 Å². The predicted molar refractivity (Wildman–Crippen MR) is 126 cm³/mol. The predicted octanol–water partition coefficient (Wildman–Crippen LogP) is 3.68. The molecule has 2 aromatic rings. The number of amides is 1. The molecule has 32 heavy (non-hydrogen) atoms. The van der Waals surface area contributed by atoms with Crippen molar-refractivity contribution in [1.82, 2.24) is 15.2 Å². The molecule has 1 aliphatic carbocycles. The van der Waals surface area contributed by atoms with E-state index in [9.17, 15) is 14.7 Å². The summed E-state index contributed by atoms with van der Waals surface area (Å²) in [6.07, 6.45) is 1.16. The largest absolute Gasteiger partial charge is 0.481 e. The maximum atomic E-state index is 12.3. The van der Waals surface area contributed by atoms with Gasteiger partial charge in [0.2, 0.25) is 5.91 Å². The van der Waals surface area contributed by atoms with E-state index >= 15 is 0 Å². The number of hydrogen-bond acceptors (Lipinski definition) is 7. The minimum atomic E-state index is -0.822. The molecule has 1 aromatic heterocycles. The Hall–Kier alpha value is -1.36. The lowest BCUT2D eigenvalue weighted by molar-refractivity contribution is -0.140. The van der Waals surface area contributed by atoms with E-state index in [1.807, 2.05) is 12.1 Å². The van der Waals surface area contributed by atoms with Crippen LogP contribution < -0.4 is 5.32 Å². The molecule has 2 heterocycles. The number of thioether (sulfide) groups is 1. The van der Waals surface area contributed by atoms with Gasteiger partial charge in [-0.05, 0) is 30.5 Å². The van der Waals surface area contributed by atoms with Gasteiger partial charge in [-0.3, -0.25) is 14.5 Å². The van der Waals surface area contributed by atoms with Crippen LogP contribution in [-0.4, -0.2) is 65.0 Å². The number of hydrogen-bond donors (Lipinski definition) is 2. The van der Waals surface area contributed by atoms with Gasteiger partial charge in [0.25, 0.3) is 0 Å². The Bertz CT molecular complexity index is 999. The molecule has 1 unspecified atom stereocenters. The van der Waals surface area contributed by atoms with Gasteiger partial charge in [0.1, 0.15) is 5.41 Å². The summed E-state index contributed by atoms with van der Waals surface area (Å²) < 4.78 is 6.51. The fourth-order valence-electron chi connectivity index (χ4n) is 3.60. The second kappa shape index (κ2) is 10.3. The molecule has 0 spiro atoms. The first-order valence-corrected chi connectivity index (χ1v) is 12.8. The Labute approximate surface area is 204 Å². The van der Waals surface area contributed by atoms with Gasteiger partial charge in [-0.2, -0.15) is 0 Å². The lowest BCUT2D eigenvalue weighted by Gasteiger charge is -2.33. The molecule has 0 bridgehead atoms. The number of nitrogens with one attached hydrogen (secondary N) is 1. The SMILES string of the molecule is O=C(CSc1nc(C2(C(=O)O)CC2)cs1)NCC1CN(Cc2ccc(Cl)c(Cl)c2)CCO1. The molecule has 1 amide bonds. The highest BCUT2D eigenvalue weighted by atomic mass is 35.5. The van der Waals surface area contributed by atoms with Crippen LogP contribution in [0, 0.1) is 0 Å². The van der Waals surface area contributed by atoms with Gasteiger partial charge in [0.15, 0.2) is 4.34 Å². The van der Waals surface area contributed by atoms with E-state index in [-0.39, 0.29) is 17.8 Å². The van der Waals surface area contributed by atoms with E-state index in [0.717, 1.165) is 18.7 Å². The van der Waals surface area contributed by atoms with Crippen LogP contribution in [0.4, 0.5) is 0 Å². The first kappa shape index (κ1) is 23.8. The molecule has 2 N–H and O–H groups in total.